The Hall–Kier alpha value is -3.38. The number of rotatable bonds is 7. The maximum atomic E-state index is 13.3. The third-order valence-corrected chi connectivity index (χ3v) is 9.12. The molecule has 5 rings (SSSR count). The number of piperidine rings is 1. The molecule has 10 nitrogen and oxygen atoms in total. The van der Waals surface area contributed by atoms with Crippen LogP contribution in [-0.4, -0.2) is 76.7 Å². The van der Waals surface area contributed by atoms with E-state index in [0.29, 0.717) is 24.0 Å². The average Bonchev–Trinajstić information content (AvgIpc) is 3.42. The Balaban J connectivity index is 1.19. The van der Waals surface area contributed by atoms with Gasteiger partial charge in [0.1, 0.15) is 5.82 Å². The lowest BCUT2D eigenvalue weighted by molar-refractivity contribution is 0.148. The summed E-state index contributed by atoms with van der Waals surface area (Å²) in [4.78, 5) is 15.2. The number of hydrogen-bond donors (Lipinski definition) is 2. The van der Waals surface area contributed by atoms with E-state index in [1.165, 1.54) is 16.8 Å². The maximum Gasteiger partial charge on any atom is 0.319 e. The maximum absolute atomic E-state index is 13.3. The summed E-state index contributed by atoms with van der Waals surface area (Å²) in [6.45, 7) is 2.37. The van der Waals surface area contributed by atoms with Gasteiger partial charge >= 0.3 is 6.03 Å². The predicted molar refractivity (Wildman–Crippen MR) is 142 cm³/mol. The smallest absolute Gasteiger partial charge is 0.319 e. The number of halogens is 1. The van der Waals surface area contributed by atoms with Gasteiger partial charge in [-0.05, 0) is 72.0 Å². The van der Waals surface area contributed by atoms with E-state index in [4.69, 9.17) is 0 Å². The Morgan fingerprint density at radius 3 is 2.74 bits per heavy atom. The topological polar surface area (TPSA) is 122 Å². The second kappa shape index (κ2) is 11.2. The van der Waals surface area contributed by atoms with Crippen LogP contribution in [0, 0.1) is 17.7 Å². The molecule has 2 aliphatic rings. The third-order valence-electron chi connectivity index (χ3n) is 7.32. The highest BCUT2D eigenvalue weighted by molar-refractivity contribution is 7.91. The van der Waals surface area contributed by atoms with Gasteiger partial charge in [0.15, 0.2) is 15.7 Å². The van der Waals surface area contributed by atoms with Crippen molar-refractivity contribution in [2.75, 3.05) is 36.5 Å². The lowest BCUT2D eigenvalue weighted by atomic mass is 9.90. The minimum atomic E-state index is -3.25. The highest BCUT2D eigenvalue weighted by atomic mass is 32.2. The molecule has 3 aromatic rings. The lowest BCUT2D eigenvalue weighted by Crippen LogP contribution is -2.47. The first-order valence-electron chi connectivity index (χ1n) is 12.8. The van der Waals surface area contributed by atoms with Crippen LogP contribution in [0.1, 0.15) is 18.4 Å². The van der Waals surface area contributed by atoms with E-state index >= 15 is 0 Å². The van der Waals surface area contributed by atoms with Crippen LogP contribution in [0.3, 0.4) is 0 Å². The molecule has 0 saturated carbocycles. The second-order valence-electron chi connectivity index (χ2n) is 10.3. The van der Waals surface area contributed by atoms with Crippen molar-refractivity contribution < 1.29 is 17.6 Å². The SMILES string of the molecule is Cn1nnnc1-c1cccc(NC(=O)N[C@@H]2CS(=O)(=O)C[C@H]2CN2CCCC(Cc3ccc(F)cc3)C2)c1. The van der Waals surface area contributed by atoms with E-state index in [2.05, 4.69) is 31.1 Å². The number of hydrogen-bond acceptors (Lipinski definition) is 7. The second-order valence-corrected chi connectivity index (χ2v) is 12.5. The van der Waals surface area contributed by atoms with Gasteiger partial charge < -0.3 is 15.5 Å². The number of aryl methyl sites for hydroxylation is 1. The number of sulfone groups is 1. The van der Waals surface area contributed by atoms with Crippen LogP contribution in [0.2, 0.25) is 0 Å². The van der Waals surface area contributed by atoms with Crippen molar-refractivity contribution in [3.05, 3.63) is 59.9 Å². The monoisotopic (exact) mass is 541 g/mol. The lowest BCUT2D eigenvalue weighted by Gasteiger charge is -2.35. The van der Waals surface area contributed by atoms with Gasteiger partial charge in [0.25, 0.3) is 0 Å². The average molecular weight is 542 g/mol. The summed E-state index contributed by atoms with van der Waals surface area (Å²) >= 11 is 0. The molecule has 202 valence electrons. The molecular weight excluding hydrogens is 509 g/mol. The van der Waals surface area contributed by atoms with Crippen molar-refractivity contribution in [2.24, 2.45) is 18.9 Å². The minimum absolute atomic E-state index is 0.0612. The Morgan fingerprint density at radius 1 is 1.16 bits per heavy atom. The van der Waals surface area contributed by atoms with Crippen LogP contribution in [0.4, 0.5) is 14.9 Å². The summed E-state index contributed by atoms with van der Waals surface area (Å²) in [7, 11) is -1.52. The summed E-state index contributed by atoms with van der Waals surface area (Å²) < 4.78 is 39.9. The Bertz CT molecular complexity index is 1380. The van der Waals surface area contributed by atoms with Crippen LogP contribution in [-0.2, 0) is 23.3 Å². The first-order chi connectivity index (χ1) is 18.2. The molecule has 0 radical (unpaired) electrons. The molecule has 1 aromatic heterocycles. The van der Waals surface area contributed by atoms with E-state index in [1.54, 1.807) is 25.2 Å². The van der Waals surface area contributed by atoms with E-state index in [9.17, 15) is 17.6 Å². The fourth-order valence-electron chi connectivity index (χ4n) is 5.57. The summed E-state index contributed by atoms with van der Waals surface area (Å²) in [5.74, 6) is 0.563. The first-order valence-corrected chi connectivity index (χ1v) is 14.6. The Labute approximate surface area is 221 Å². The Kier molecular flexibility index (Phi) is 7.70. The van der Waals surface area contributed by atoms with E-state index in [-0.39, 0.29) is 23.2 Å². The molecule has 2 fully saturated rings. The molecule has 2 N–H and O–H groups in total. The summed E-state index contributed by atoms with van der Waals surface area (Å²) in [6.07, 6.45) is 2.99. The molecule has 38 heavy (non-hydrogen) atoms. The van der Waals surface area contributed by atoms with Crippen LogP contribution in [0.25, 0.3) is 11.4 Å². The zero-order valence-corrected chi connectivity index (χ0v) is 22.1. The molecule has 2 aliphatic heterocycles. The summed E-state index contributed by atoms with van der Waals surface area (Å²) in [5, 5.41) is 17.2. The number of carbonyl (C=O) groups is 1. The number of urea groups is 1. The van der Waals surface area contributed by atoms with Gasteiger partial charge in [0, 0.05) is 43.3 Å². The van der Waals surface area contributed by atoms with Crippen LogP contribution in [0.5, 0.6) is 0 Å². The zero-order chi connectivity index (χ0) is 26.7. The van der Waals surface area contributed by atoms with Crippen molar-refractivity contribution in [1.82, 2.24) is 30.4 Å². The number of carbonyl (C=O) groups excluding carboxylic acids is 1. The van der Waals surface area contributed by atoms with Crippen LogP contribution >= 0.6 is 0 Å². The molecule has 2 amide bonds. The normalized spacial score (nSPS) is 23.3. The molecule has 1 unspecified atom stereocenters. The van der Waals surface area contributed by atoms with Crippen LogP contribution in [0.15, 0.2) is 48.5 Å². The zero-order valence-electron chi connectivity index (χ0n) is 21.3. The van der Waals surface area contributed by atoms with E-state index < -0.39 is 21.9 Å². The quantitative estimate of drug-likeness (QED) is 0.471. The molecule has 2 aromatic carbocycles. The molecule has 2 saturated heterocycles. The largest absolute Gasteiger partial charge is 0.334 e. The van der Waals surface area contributed by atoms with Crippen molar-refractivity contribution in [2.45, 2.75) is 25.3 Å². The van der Waals surface area contributed by atoms with Gasteiger partial charge in [-0.2, -0.15) is 0 Å². The van der Waals surface area contributed by atoms with Crippen LogP contribution < -0.4 is 10.6 Å². The van der Waals surface area contributed by atoms with Gasteiger partial charge in [-0.3, -0.25) is 0 Å². The van der Waals surface area contributed by atoms with Gasteiger partial charge in [-0.25, -0.2) is 22.3 Å². The summed E-state index contributed by atoms with van der Waals surface area (Å²) in [5.41, 5.74) is 2.41. The number of aromatic nitrogens is 4. The number of tetrazole rings is 1. The molecule has 0 spiro atoms. The van der Waals surface area contributed by atoms with Gasteiger partial charge in [-0.15, -0.1) is 5.10 Å². The number of likely N-dealkylation sites (tertiary alicyclic amines) is 1. The van der Waals surface area contributed by atoms with Gasteiger partial charge in [0.2, 0.25) is 0 Å². The molecular formula is C26H32FN7O3S. The molecule has 3 heterocycles. The van der Waals surface area contributed by atoms with Crippen molar-refractivity contribution in [1.29, 1.82) is 0 Å². The molecule has 3 atom stereocenters. The van der Waals surface area contributed by atoms with Gasteiger partial charge in [-0.1, -0.05) is 24.3 Å². The van der Waals surface area contributed by atoms with Gasteiger partial charge in [0.05, 0.1) is 11.5 Å². The third kappa shape index (κ3) is 6.54. The number of benzene rings is 2. The van der Waals surface area contributed by atoms with Crippen molar-refractivity contribution in [3.63, 3.8) is 0 Å². The van der Waals surface area contributed by atoms with E-state index in [1.807, 2.05) is 18.2 Å². The summed E-state index contributed by atoms with van der Waals surface area (Å²) in [6, 6.07) is 12.9. The highest BCUT2D eigenvalue weighted by Crippen LogP contribution is 2.26. The number of anilines is 1. The Morgan fingerprint density at radius 2 is 1.97 bits per heavy atom. The molecule has 0 bridgehead atoms. The minimum Gasteiger partial charge on any atom is -0.334 e. The number of amides is 2. The van der Waals surface area contributed by atoms with E-state index in [0.717, 1.165) is 43.5 Å². The molecule has 12 heteroatoms. The highest BCUT2D eigenvalue weighted by Gasteiger charge is 2.40. The number of nitrogens with zero attached hydrogens (tertiary/aromatic N) is 5. The molecule has 0 aliphatic carbocycles. The fourth-order valence-corrected chi connectivity index (χ4v) is 7.60. The first kappa shape index (κ1) is 26.2. The fraction of sp³-hybridized carbons (Fsp3) is 0.462. The number of nitrogens with one attached hydrogen (secondary N) is 2. The van der Waals surface area contributed by atoms with Crippen molar-refractivity contribution in [3.8, 4) is 11.4 Å². The standard InChI is InChI=1S/C26H32FN7O3S/c1-33-25(30-31-32-33)20-5-2-6-23(13-20)28-26(35)29-24-17-38(36,37)16-21(24)15-34-11-3-4-19(14-34)12-18-7-9-22(27)10-8-18/h2,5-10,13,19,21,24H,3-4,11-12,14-17H2,1H3,(H2,28,29,35)/t19?,21-,24-/m1/s1. The van der Waals surface area contributed by atoms with Crippen molar-refractivity contribution >= 4 is 21.6 Å². The predicted octanol–water partition coefficient (Wildman–Crippen LogP) is 2.51.